The lowest BCUT2D eigenvalue weighted by molar-refractivity contribution is -0.161. The molecule has 0 aromatic heterocycles. The first kappa shape index (κ1) is 90.1. The number of phosphoric ester groups is 2. The summed E-state index contributed by atoms with van der Waals surface area (Å²) in [5.41, 5.74) is 0. The Morgan fingerprint density at radius 2 is 0.435 bits per heavy atom. The number of unbranched alkanes of at least 4 members (excludes halogenated alkanes) is 48. The van der Waals surface area contributed by atoms with Crippen molar-refractivity contribution in [2.75, 3.05) is 39.6 Å². The normalized spacial score (nSPS) is 13.9. The largest absolute Gasteiger partial charge is 0.472 e. The van der Waals surface area contributed by atoms with Crippen LogP contribution in [0.3, 0.4) is 0 Å². The quantitative estimate of drug-likeness (QED) is 0.0222. The number of carbonyl (C=O) groups is 4. The maximum Gasteiger partial charge on any atom is 0.472 e. The van der Waals surface area contributed by atoms with Gasteiger partial charge in [0, 0.05) is 25.7 Å². The van der Waals surface area contributed by atoms with Crippen LogP contribution < -0.4 is 0 Å². The first-order valence-corrected chi connectivity index (χ1v) is 41.3. The third-order valence-corrected chi connectivity index (χ3v) is 19.0. The Hall–Kier alpha value is -1.94. The Bertz CT molecular complexity index is 1760. The summed E-state index contributed by atoms with van der Waals surface area (Å²) in [4.78, 5) is 72.0. The van der Waals surface area contributed by atoms with Crippen LogP contribution in [0.4, 0.5) is 0 Å². The molecule has 17 nitrogen and oxygen atoms in total. The van der Waals surface area contributed by atoms with Crippen molar-refractivity contribution in [3.63, 3.8) is 0 Å². The molecule has 0 spiro atoms. The van der Waals surface area contributed by atoms with Crippen LogP contribution in [-0.4, -0.2) is 96.7 Å². The SMILES string of the molecule is CCCCCCCCCCCCCCCCCCCCCCCC(=O)OC[C@H](COP(=O)(O)OC[C@@H](O)COP(=O)(O)OC[C@@H](COC(=O)CCCCCCC)OC(=O)CCCCCCC)OC(=O)CCCCCCCCCCCCCCCCCCCCCCC. The summed E-state index contributed by atoms with van der Waals surface area (Å²) in [6.45, 7) is 4.76. The van der Waals surface area contributed by atoms with E-state index in [4.69, 9.17) is 37.0 Å². The topological polar surface area (TPSA) is 237 Å². The van der Waals surface area contributed by atoms with Crippen LogP contribution >= 0.6 is 15.6 Å². The molecule has 546 valence electrons. The van der Waals surface area contributed by atoms with E-state index in [0.717, 1.165) is 96.3 Å². The van der Waals surface area contributed by atoms with Gasteiger partial charge in [-0.3, -0.25) is 37.3 Å². The molecule has 3 N–H and O–H groups in total. The number of carbonyl (C=O) groups excluding carboxylic acids is 4. The van der Waals surface area contributed by atoms with Crippen LogP contribution in [0, 0.1) is 0 Å². The van der Waals surface area contributed by atoms with Gasteiger partial charge in [-0.05, 0) is 25.7 Å². The first-order valence-electron chi connectivity index (χ1n) is 38.3. The van der Waals surface area contributed by atoms with Gasteiger partial charge in [-0.25, -0.2) is 9.13 Å². The van der Waals surface area contributed by atoms with Gasteiger partial charge in [-0.15, -0.1) is 0 Å². The summed E-state index contributed by atoms with van der Waals surface area (Å²) in [5, 5.41) is 10.5. The highest BCUT2D eigenvalue weighted by Crippen LogP contribution is 2.45. The summed E-state index contributed by atoms with van der Waals surface area (Å²) < 4.78 is 67.8. The minimum absolute atomic E-state index is 0.0994. The van der Waals surface area contributed by atoms with E-state index in [-0.39, 0.29) is 25.7 Å². The van der Waals surface area contributed by atoms with E-state index in [0.29, 0.717) is 25.7 Å². The standard InChI is InChI=1S/C73H142O17P2/c1-5-9-13-17-19-21-23-25-27-29-31-33-35-37-39-41-43-45-47-51-54-58-71(76)84-64-69(90-73(78)60-56-52-48-46-44-42-40-38-36-34-32-30-28-26-24-22-20-18-14-10-6-2)66-88-92(81,82)86-62-67(74)61-85-91(79,80)87-65-68(89-72(77)59-55-50-16-12-8-4)63-83-70(75)57-53-49-15-11-7-3/h67-69,74H,5-66H2,1-4H3,(H,79,80)(H,81,82)/t67-,68+,69+/m0/s1. The number of esters is 4. The summed E-state index contributed by atoms with van der Waals surface area (Å²) in [6.07, 6.45) is 58.2. The Kier molecular flexibility index (Phi) is 66.2. The van der Waals surface area contributed by atoms with E-state index < -0.39 is 97.5 Å². The molecule has 0 aliphatic heterocycles. The van der Waals surface area contributed by atoms with Crippen molar-refractivity contribution in [3.8, 4) is 0 Å². The fourth-order valence-electron chi connectivity index (χ4n) is 11.2. The lowest BCUT2D eigenvalue weighted by Gasteiger charge is -2.21. The molecule has 0 aliphatic rings. The van der Waals surface area contributed by atoms with Gasteiger partial charge in [0.15, 0.2) is 12.2 Å². The zero-order valence-corrected chi connectivity index (χ0v) is 61.3. The molecule has 5 atom stereocenters. The van der Waals surface area contributed by atoms with Crippen molar-refractivity contribution in [2.24, 2.45) is 0 Å². The van der Waals surface area contributed by atoms with E-state index in [1.165, 1.54) is 212 Å². The fourth-order valence-corrected chi connectivity index (χ4v) is 12.8. The highest BCUT2D eigenvalue weighted by molar-refractivity contribution is 7.47. The number of rotatable bonds is 74. The van der Waals surface area contributed by atoms with Crippen LogP contribution in [-0.2, 0) is 65.4 Å². The van der Waals surface area contributed by atoms with Gasteiger partial charge in [0.05, 0.1) is 26.4 Å². The predicted octanol–water partition coefficient (Wildman–Crippen LogP) is 21.4. The van der Waals surface area contributed by atoms with E-state index in [2.05, 4.69) is 27.7 Å². The molecule has 0 rings (SSSR count). The second-order valence-electron chi connectivity index (χ2n) is 26.3. The molecule has 2 unspecified atom stereocenters. The van der Waals surface area contributed by atoms with E-state index in [1.807, 2.05) is 0 Å². The van der Waals surface area contributed by atoms with Crippen LogP contribution in [0.2, 0.25) is 0 Å². The number of hydrogen-bond acceptors (Lipinski definition) is 15. The molecule has 0 fully saturated rings. The second kappa shape index (κ2) is 67.6. The molecule has 92 heavy (non-hydrogen) atoms. The Labute approximate surface area is 562 Å². The Morgan fingerprint density at radius 1 is 0.261 bits per heavy atom. The van der Waals surface area contributed by atoms with Crippen LogP contribution in [0.5, 0.6) is 0 Å². The fraction of sp³-hybridized carbons (Fsp3) is 0.945. The molecule has 0 saturated carbocycles. The van der Waals surface area contributed by atoms with Crippen molar-refractivity contribution in [3.05, 3.63) is 0 Å². The highest BCUT2D eigenvalue weighted by Gasteiger charge is 2.30. The maximum atomic E-state index is 13.1. The molecule has 0 aromatic rings. The molecule has 0 radical (unpaired) electrons. The van der Waals surface area contributed by atoms with Crippen LogP contribution in [0.1, 0.15) is 387 Å². The zero-order chi connectivity index (χ0) is 67.5. The number of hydrogen-bond donors (Lipinski definition) is 3. The molecule has 0 aromatic carbocycles. The average Bonchev–Trinajstić information content (AvgIpc) is 1.82. The molecular weight excluding hydrogens is 1210 g/mol. The molecule has 0 bridgehead atoms. The molecular formula is C73H142O17P2. The molecule has 0 aliphatic carbocycles. The van der Waals surface area contributed by atoms with E-state index in [1.54, 1.807) is 0 Å². The summed E-state index contributed by atoms with van der Waals surface area (Å²) in [7, 11) is -9.88. The summed E-state index contributed by atoms with van der Waals surface area (Å²) in [5.74, 6) is -2.14. The van der Waals surface area contributed by atoms with E-state index in [9.17, 15) is 43.2 Å². The number of aliphatic hydroxyl groups is 1. The Morgan fingerprint density at radius 3 is 0.641 bits per heavy atom. The lowest BCUT2D eigenvalue weighted by atomic mass is 10.0. The van der Waals surface area contributed by atoms with Crippen LogP contribution in [0.15, 0.2) is 0 Å². The molecule has 0 heterocycles. The monoisotopic (exact) mass is 1350 g/mol. The first-order chi connectivity index (χ1) is 44.7. The molecule has 0 saturated heterocycles. The Balaban J connectivity index is 5.00. The minimum atomic E-state index is -4.95. The van der Waals surface area contributed by atoms with Crippen molar-refractivity contribution >= 4 is 39.5 Å². The highest BCUT2D eigenvalue weighted by atomic mass is 31.2. The van der Waals surface area contributed by atoms with Gasteiger partial charge < -0.3 is 33.8 Å². The van der Waals surface area contributed by atoms with Crippen molar-refractivity contribution < 1.29 is 80.2 Å². The smallest absolute Gasteiger partial charge is 0.462 e. The van der Waals surface area contributed by atoms with E-state index >= 15 is 0 Å². The summed E-state index contributed by atoms with van der Waals surface area (Å²) >= 11 is 0. The van der Waals surface area contributed by atoms with Gasteiger partial charge in [-0.1, -0.05) is 336 Å². The van der Waals surface area contributed by atoms with Crippen LogP contribution in [0.25, 0.3) is 0 Å². The van der Waals surface area contributed by atoms with Gasteiger partial charge in [0.1, 0.15) is 19.3 Å². The van der Waals surface area contributed by atoms with Gasteiger partial charge >= 0.3 is 39.5 Å². The van der Waals surface area contributed by atoms with Crippen molar-refractivity contribution in [2.45, 2.75) is 406 Å². The zero-order valence-electron chi connectivity index (χ0n) is 59.5. The predicted molar refractivity (Wildman–Crippen MR) is 372 cm³/mol. The number of phosphoric acid groups is 2. The molecule has 0 amide bonds. The second-order valence-corrected chi connectivity index (χ2v) is 29.2. The third kappa shape index (κ3) is 66.7. The maximum absolute atomic E-state index is 13.1. The van der Waals surface area contributed by atoms with Gasteiger partial charge in [-0.2, -0.15) is 0 Å². The average molecular weight is 1350 g/mol. The number of aliphatic hydroxyl groups excluding tert-OH is 1. The minimum Gasteiger partial charge on any atom is -0.462 e. The summed E-state index contributed by atoms with van der Waals surface area (Å²) in [6, 6.07) is 0. The lowest BCUT2D eigenvalue weighted by Crippen LogP contribution is -2.30. The molecule has 19 heteroatoms. The van der Waals surface area contributed by atoms with Gasteiger partial charge in [0.2, 0.25) is 0 Å². The van der Waals surface area contributed by atoms with Crippen molar-refractivity contribution in [1.82, 2.24) is 0 Å². The van der Waals surface area contributed by atoms with Crippen molar-refractivity contribution in [1.29, 1.82) is 0 Å². The van der Waals surface area contributed by atoms with Gasteiger partial charge in [0.25, 0.3) is 0 Å². The number of ether oxygens (including phenoxy) is 4. The third-order valence-electron chi connectivity index (χ3n) is 17.1.